The number of ether oxygens (including phenoxy) is 1. The second-order valence-corrected chi connectivity index (χ2v) is 4.44. The number of aliphatic hydroxyl groups is 1. The molecule has 0 spiro atoms. The van der Waals surface area contributed by atoms with Crippen LogP contribution in [0.3, 0.4) is 0 Å². The standard InChI is InChI=1S/C14H21NO2/c1-2-14(16)12-6-3-4-7-13(12)15-8-5-10-17-11-9-15/h3-4,6-7,14,16H,2,5,8-11H2,1H3. The molecule has 2 rings (SSSR count). The highest BCUT2D eigenvalue weighted by Crippen LogP contribution is 2.28. The molecular formula is C14H21NO2. The molecular weight excluding hydrogens is 214 g/mol. The van der Waals surface area contributed by atoms with E-state index in [2.05, 4.69) is 11.0 Å². The van der Waals surface area contributed by atoms with Gasteiger partial charge in [0.25, 0.3) is 0 Å². The fourth-order valence-electron chi connectivity index (χ4n) is 2.26. The van der Waals surface area contributed by atoms with Gasteiger partial charge in [-0.2, -0.15) is 0 Å². The maximum atomic E-state index is 10.1. The van der Waals surface area contributed by atoms with Gasteiger partial charge in [0.1, 0.15) is 0 Å². The first kappa shape index (κ1) is 12.4. The molecule has 0 aliphatic carbocycles. The zero-order valence-electron chi connectivity index (χ0n) is 10.4. The molecule has 1 aliphatic rings. The molecule has 0 radical (unpaired) electrons. The average molecular weight is 235 g/mol. The number of rotatable bonds is 3. The minimum Gasteiger partial charge on any atom is -0.388 e. The Balaban J connectivity index is 2.23. The van der Waals surface area contributed by atoms with Gasteiger partial charge in [0.2, 0.25) is 0 Å². The molecule has 1 aliphatic heterocycles. The number of benzene rings is 1. The molecule has 1 aromatic carbocycles. The van der Waals surface area contributed by atoms with Crippen molar-refractivity contribution in [2.75, 3.05) is 31.2 Å². The molecule has 1 heterocycles. The predicted molar refractivity (Wildman–Crippen MR) is 69.3 cm³/mol. The van der Waals surface area contributed by atoms with E-state index in [1.54, 1.807) is 0 Å². The third-order valence-corrected chi connectivity index (χ3v) is 3.25. The maximum Gasteiger partial charge on any atom is 0.0807 e. The van der Waals surface area contributed by atoms with Crippen LogP contribution in [0.5, 0.6) is 0 Å². The van der Waals surface area contributed by atoms with Gasteiger partial charge in [0, 0.05) is 30.9 Å². The van der Waals surface area contributed by atoms with E-state index in [0.29, 0.717) is 0 Å². The van der Waals surface area contributed by atoms with Gasteiger partial charge in [0.15, 0.2) is 0 Å². The van der Waals surface area contributed by atoms with Crippen molar-refractivity contribution in [1.29, 1.82) is 0 Å². The molecule has 1 N–H and O–H groups in total. The van der Waals surface area contributed by atoms with Gasteiger partial charge in [-0.25, -0.2) is 0 Å². The summed E-state index contributed by atoms with van der Waals surface area (Å²) in [6.45, 7) is 5.54. The molecule has 94 valence electrons. The van der Waals surface area contributed by atoms with Gasteiger partial charge in [-0.15, -0.1) is 0 Å². The molecule has 1 saturated heterocycles. The topological polar surface area (TPSA) is 32.7 Å². The lowest BCUT2D eigenvalue weighted by Gasteiger charge is -2.26. The second kappa shape index (κ2) is 6.03. The first-order chi connectivity index (χ1) is 8.33. The van der Waals surface area contributed by atoms with Crippen LogP contribution < -0.4 is 4.90 Å². The predicted octanol–water partition coefficient (Wildman–Crippen LogP) is 2.36. The summed E-state index contributed by atoms with van der Waals surface area (Å²) < 4.78 is 5.47. The van der Waals surface area contributed by atoms with Gasteiger partial charge >= 0.3 is 0 Å². The lowest BCUT2D eigenvalue weighted by molar-refractivity contribution is 0.152. The number of anilines is 1. The minimum absolute atomic E-state index is 0.365. The normalized spacial score (nSPS) is 18.8. The van der Waals surface area contributed by atoms with E-state index < -0.39 is 0 Å². The van der Waals surface area contributed by atoms with E-state index in [9.17, 15) is 5.11 Å². The zero-order valence-corrected chi connectivity index (χ0v) is 10.4. The fraction of sp³-hybridized carbons (Fsp3) is 0.571. The number of aliphatic hydroxyl groups excluding tert-OH is 1. The summed E-state index contributed by atoms with van der Waals surface area (Å²) in [5.74, 6) is 0. The van der Waals surface area contributed by atoms with E-state index >= 15 is 0 Å². The number of hydrogen-bond donors (Lipinski definition) is 1. The van der Waals surface area contributed by atoms with Gasteiger partial charge in [-0.05, 0) is 18.9 Å². The Morgan fingerprint density at radius 3 is 2.94 bits per heavy atom. The molecule has 3 heteroatoms. The van der Waals surface area contributed by atoms with Crippen LogP contribution in [0.4, 0.5) is 5.69 Å². The van der Waals surface area contributed by atoms with Crippen LogP contribution in [0.1, 0.15) is 31.4 Å². The Morgan fingerprint density at radius 1 is 1.29 bits per heavy atom. The Labute approximate surface area is 103 Å². The lowest BCUT2D eigenvalue weighted by atomic mass is 10.0. The Morgan fingerprint density at radius 2 is 2.12 bits per heavy atom. The summed E-state index contributed by atoms with van der Waals surface area (Å²) >= 11 is 0. The molecule has 1 atom stereocenters. The lowest BCUT2D eigenvalue weighted by Crippen LogP contribution is -2.27. The SMILES string of the molecule is CCC(O)c1ccccc1N1CCCOCC1. The van der Waals surface area contributed by atoms with Gasteiger partial charge in [0.05, 0.1) is 12.7 Å². The largest absolute Gasteiger partial charge is 0.388 e. The highest BCUT2D eigenvalue weighted by Gasteiger charge is 2.16. The van der Waals surface area contributed by atoms with Crippen LogP contribution in [-0.2, 0) is 4.74 Å². The van der Waals surface area contributed by atoms with Crippen LogP contribution in [0.15, 0.2) is 24.3 Å². The van der Waals surface area contributed by atoms with Crippen LogP contribution in [0, 0.1) is 0 Å². The van der Waals surface area contributed by atoms with Gasteiger partial charge in [-0.3, -0.25) is 0 Å². The Kier molecular flexibility index (Phi) is 4.40. The van der Waals surface area contributed by atoms with Crippen molar-refractivity contribution in [3.05, 3.63) is 29.8 Å². The van der Waals surface area contributed by atoms with Crippen molar-refractivity contribution in [3.8, 4) is 0 Å². The number of para-hydroxylation sites is 1. The number of nitrogens with zero attached hydrogens (tertiary/aromatic N) is 1. The van der Waals surface area contributed by atoms with E-state index in [0.717, 1.165) is 50.4 Å². The Bertz CT molecular complexity index is 346. The molecule has 1 unspecified atom stereocenters. The molecule has 1 fully saturated rings. The van der Waals surface area contributed by atoms with Crippen molar-refractivity contribution in [2.24, 2.45) is 0 Å². The first-order valence-electron chi connectivity index (χ1n) is 6.42. The van der Waals surface area contributed by atoms with E-state index in [1.165, 1.54) is 0 Å². The van der Waals surface area contributed by atoms with E-state index in [-0.39, 0.29) is 6.10 Å². The summed E-state index contributed by atoms with van der Waals surface area (Å²) in [5, 5.41) is 10.1. The fourth-order valence-corrected chi connectivity index (χ4v) is 2.26. The summed E-state index contributed by atoms with van der Waals surface area (Å²) in [6, 6.07) is 8.15. The van der Waals surface area contributed by atoms with Crippen molar-refractivity contribution >= 4 is 5.69 Å². The van der Waals surface area contributed by atoms with E-state index in [1.807, 2.05) is 25.1 Å². The quantitative estimate of drug-likeness (QED) is 0.873. The molecule has 0 amide bonds. The van der Waals surface area contributed by atoms with Gasteiger partial charge < -0.3 is 14.7 Å². The molecule has 1 aromatic rings. The highest BCUT2D eigenvalue weighted by molar-refractivity contribution is 5.54. The molecule has 0 bridgehead atoms. The summed E-state index contributed by atoms with van der Waals surface area (Å²) in [4.78, 5) is 2.32. The molecule has 17 heavy (non-hydrogen) atoms. The van der Waals surface area contributed by atoms with Crippen LogP contribution in [0.25, 0.3) is 0 Å². The zero-order chi connectivity index (χ0) is 12.1. The molecule has 3 nitrogen and oxygen atoms in total. The third kappa shape index (κ3) is 2.99. The minimum atomic E-state index is -0.365. The second-order valence-electron chi connectivity index (χ2n) is 4.44. The van der Waals surface area contributed by atoms with Crippen molar-refractivity contribution in [2.45, 2.75) is 25.9 Å². The van der Waals surface area contributed by atoms with E-state index in [4.69, 9.17) is 4.74 Å². The van der Waals surface area contributed by atoms with Crippen LogP contribution in [-0.4, -0.2) is 31.4 Å². The number of hydrogen-bond acceptors (Lipinski definition) is 3. The molecule has 0 saturated carbocycles. The monoisotopic (exact) mass is 235 g/mol. The summed E-state index contributed by atoms with van der Waals surface area (Å²) in [7, 11) is 0. The summed E-state index contributed by atoms with van der Waals surface area (Å²) in [6.07, 6.45) is 1.44. The molecule has 0 aromatic heterocycles. The average Bonchev–Trinajstić information content (AvgIpc) is 2.66. The summed E-state index contributed by atoms with van der Waals surface area (Å²) in [5.41, 5.74) is 2.20. The highest BCUT2D eigenvalue weighted by atomic mass is 16.5. The smallest absolute Gasteiger partial charge is 0.0807 e. The Hall–Kier alpha value is -1.06. The van der Waals surface area contributed by atoms with Gasteiger partial charge in [-0.1, -0.05) is 25.1 Å². The third-order valence-electron chi connectivity index (χ3n) is 3.25. The van der Waals surface area contributed by atoms with Crippen LogP contribution >= 0.6 is 0 Å². The first-order valence-corrected chi connectivity index (χ1v) is 6.42. The maximum absolute atomic E-state index is 10.1. The van der Waals surface area contributed by atoms with Crippen molar-refractivity contribution in [1.82, 2.24) is 0 Å². The van der Waals surface area contributed by atoms with Crippen molar-refractivity contribution in [3.63, 3.8) is 0 Å². The van der Waals surface area contributed by atoms with Crippen LogP contribution in [0.2, 0.25) is 0 Å². The van der Waals surface area contributed by atoms with Crippen molar-refractivity contribution < 1.29 is 9.84 Å².